The molecule has 2 heterocycles. The van der Waals surface area contributed by atoms with E-state index < -0.39 is 0 Å². The molecule has 1 aliphatic heterocycles. The summed E-state index contributed by atoms with van der Waals surface area (Å²) in [4.78, 5) is 19.2. The van der Waals surface area contributed by atoms with Crippen LogP contribution in [-0.4, -0.2) is 28.9 Å². The van der Waals surface area contributed by atoms with Crippen molar-refractivity contribution in [3.8, 4) is 11.1 Å². The summed E-state index contributed by atoms with van der Waals surface area (Å²) in [5, 5.41) is 0. The number of hydrogen-bond donors (Lipinski definition) is 0. The standard InChI is InChI=1S/C23H22N2O/c1-17-14-19(18-6-3-2-4-7-18)9-10-22(17)23(26)25-13-11-21(16-25)20-8-5-12-24-15-20/h2-10,12,14-15,21H,11,13,16H2,1H3. The number of rotatable bonds is 3. The van der Waals surface area contributed by atoms with Gasteiger partial charge in [-0.25, -0.2) is 0 Å². The van der Waals surface area contributed by atoms with Crippen molar-refractivity contribution >= 4 is 5.91 Å². The first-order valence-electron chi connectivity index (χ1n) is 9.07. The fourth-order valence-corrected chi connectivity index (χ4v) is 3.72. The van der Waals surface area contributed by atoms with E-state index in [0.717, 1.165) is 36.2 Å². The van der Waals surface area contributed by atoms with Gasteiger partial charge in [0.2, 0.25) is 0 Å². The molecule has 1 saturated heterocycles. The zero-order valence-electron chi connectivity index (χ0n) is 14.9. The van der Waals surface area contributed by atoms with E-state index in [1.807, 2.05) is 54.4 Å². The predicted octanol–water partition coefficient (Wildman–Crippen LogP) is 4.69. The van der Waals surface area contributed by atoms with E-state index in [4.69, 9.17) is 0 Å². The van der Waals surface area contributed by atoms with Crippen LogP contribution in [0, 0.1) is 6.92 Å². The van der Waals surface area contributed by atoms with Crippen LogP contribution in [0.4, 0.5) is 0 Å². The molecular weight excluding hydrogens is 320 g/mol. The van der Waals surface area contributed by atoms with Crippen molar-refractivity contribution in [1.82, 2.24) is 9.88 Å². The van der Waals surface area contributed by atoms with E-state index in [1.165, 1.54) is 11.1 Å². The lowest BCUT2D eigenvalue weighted by Gasteiger charge is -2.18. The Morgan fingerprint density at radius 2 is 1.88 bits per heavy atom. The van der Waals surface area contributed by atoms with Gasteiger partial charge in [0.25, 0.3) is 5.91 Å². The average Bonchev–Trinajstić information content (AvgIpc) is 3.19. The molecule has 1 fully saturated rings. The van der Waals surface area contributed by atoms with Gasteiger partial charge in [-0.3, -0.25) is 9.78 Å². The molecule has 3 aromatic rings. The number of carbonyl (C=O) groups is 1. The van der Waals surface area contributed by atoms with Crippen LogP contribution in [0.3, 0.4) is 0 Å². The Labute approximate surface area is 154 Å². The molecule has 1 aliphatic rings. The Bertz CT molecular complexity index is 906. The van der Waals surface area contributed by atoms with Gasteiger partial charge in [0, 0.05) is 37.0 Å². The molecule has 130 valence electrons. The quantitative estimate of drug-likeness (QED) is 0.692. The highest BCUT2D eigenvalue weighted by molar-refractivity contribution is 5.96. The Hall–Kier alpha value is -2.94. The van der Waals surface area contributed by atoms with Crippen molar-refractivity contribution in [2.75, 3.05) is 13.1 Å². The Morgan fingerprint density at radius 3 is 2.62 bits per heavy atom. The normalized spacial score (nSPS) is 16.7. The number of nitrogens with zero attached hydrogens (tertiary/aromatic N) is 2. The lowest BCUT2D eigenvalue weighted by molar-refractivity contribution is 0.0790. The molecule has 3 nitrogen and oxygen atoms in total. The van der Waals surface area contributed by atoms with E-state index in [9.17, 15) is 4.79 Å². The van der Waals surface area contributed by atoms with E-state index in [-0.39, 0.29) is 5.91 Å². The van der Waals surface area contributed by atoms with Gasteiger partial charge in [-0.15, -0.1) is 0 Å². The Kier molecular flexibility index (Phi) is 4.53. The average molecular weight is 342 g/mol. The Morgan fingerprint density at radius 1 is 1.04 bits per heavy atom. The monoisotopic (exact) mass is 342 g/mol. The van der Waals surface area contributed by atoms with Crippen LogP contribution < -0.4 is 0 Å². The zero-order valence-corrected chi connectivity index (χ0v) is 14.9. The number of benzene rings is 2. The molecule has 26 heavy (non-hydrogen) atoms. The topological polar surface area (TPSA) is 33.2 Å². The molecule has 2 aromatic carbocycles. The highest BCUT2D eigenvalue weighted by atomic mass is 16.2. The molecule has 0 aliphatic carbocycles. The summed E-state index contributed by atoms with van der Waals surface area (Å²) in [6.45, 7) is 3.59. The number of aromatic nitrogens is 1. The molecule has 0 N–H and O–H groups in total. The Balaban J connectivity index is 1.52. The van der Waals surface area contributed by atoms with Crippen molar-refractivity contribution < 1.29 is 4.79 Å². The van der Waals surface area contributed by atoms with Crippen molar-refractivity contribution in [2.45, 2.75) is 19.3 Å². The molecule has 4 rings (SSSR count). The molecular formula is C23H22N2O. The summed E-state index contributed by atoms with van der Waals surface area (Å²) in [5.74, 6) is 0.519. The maximum Gasteiger partial charge on any atom is 0.254 e. The second kappa shape index (κ2) is 7.12. The molecule has 0 bridgehead atoms. The zero-order chi connectivity index (χ0) is 17.9. The van der Waals surface area contributed by atoms with E-state index >= 15 is 0 Å². The van der Waals surface area contributed by atoms with Crippen LogP contribution in [0.25, 0.3) is 11.1 Å². The lowest BCUT2D eigenvalue weighted by Crippen LogP contribution is -2.29. The smallest absolute Gasteiger partial charge is 0.254 e. The third kappa shape index (κ3) is 3.25. The maximum atomic E-state index is 13.0. The molecule has 1 aromatic heterocycles. The van der Waals surface area contributed by atoms with E-state index in [0.29, 0.717) is 5.92 Å². The van der Waals surface area contributed by atoms with Crippen LogP contribution in [-0.2, 0) is 0 Å². The summed E-state index contributed by atoms with van der Waals surface area (Å²) in [6.07, 6.45) is 4.70. The number of likely N-dealkylation sites (tertiary alicyclic amines) is 1. The summed E-state index contributed by atoms with van der Waals surface area (Å²) < 4.78 is 0. The number of hydrogen-bond acceptors (Lipinski definition) is 2. The van der Waals surface area contributed by atoms with Crippen LogP contribution >= 0.6 is 0 Å². The fraction of sp³-hybridized carbons (Fsp3) is 0.217. The summed E-state index contributed by atoms with van der Waals surface area (Å²) in [7, 11) is 0. The fourth-order valence-electron chi connectivity index (χ4n) is 3.72. The van der Waals surface area contributed by atoms with Gasteiger partial charge < -0.3 is 4.90 Å². The number of amides is 1. The molecule has 1 amide bonds. The van der Waals surface area contributed by atoms with Crippen LogP contribution in [0.2, 0.25) is 0 Å². The minimum Gasteiger partial charge on any atom is -0.338 e. The van der Waals surface area contributed by atoms with Gasteiger partial charge in [0.1, 0.15) is 0 Å². The van der Waals surface area contributed by atoms with Gasteiger partial charge in [0.15, 0.2) is 0 Å². The SMILES string of the molecule is Cc1cc(-c2ccccc2)ccc1C(=O)N1CCC(c2cccnc2)C1. The second-order valence-electron chi connectivity index (χ2n) is 6.92. The number of aryl methyl sites for hydroxylation is 1. The largest absolute Gasteiger partial charge is 0.338 e. The minimum atomic E-state index is 0.133. The van der Waals surface area contributed by atoms with Gasteiger partial charge in [-0.05, 0) is 47.7 Å². The predicted molar refractivity (Wildman–Crippen MR) is 104 cm³/mol. The summed E-state index contributed by atoms with van der Waals surface area (Å²) in [6, 6.07) is 20.5. The molecule has 0 radical (unpaired) electrons. The van der Waals surface area contributed by atoms with Gasteiger partial charge >= 0.3 is 0 Å². The first kappa shape index (κ1) is 16.5. The van der Waals surface area contributed by atoms with Crippen molar-refractivity contribution in [3.05, 3.63) is 89.7 Å². The van der Waals surface area contributed by atoms with Crippen LogP contribution in [0.1, 0.15) is 33.8 Å². The first-order valence-corrected chi connectivity index (χ1v) is 9.07. The molecule has 0 spiro atoms. The molecule has 0 saturated carbocycles. The molecule has 1 atom stereocenters. The van der Waals surface area contributed by atoms with Crippen LogP contribution in [0.15, 0.2) is 73.1 Å². The highest BCUT2D eigenvalue weighted by Gasteiger charge is 2.28. The minimum absolute atomic E-state index is 0.133. The van der Waals surface area contributed by atoms with E-state index in [2.05, 4.69) is 29.2 Å². The van der Waals surface area contributed by atoms with Crippen molar-refractivity contribution in [3.63, 3.8) is 0 Å². The number of pyridine rings is 1. The van der Waals surface area contributed by atoms with Crippen LogP contribution in [0.5, 0.6) is 0 Å². The van der Waals surface area contributed by atoms with Gasteiger partial charge in [0.05, 0.1) is 0 Å². The molecule has 3 heteroatoms. The van der Waals surface area contributed by atoms with Gasteiger partial charge in [-0.1, -0.05) is 48.5 Å². The third-order valence-electron chi connectivity index (χ3n) is 5.20. The molecule has 1 unspecified atom stereocenters. The third-order valence-corrected chi connectivity index (χ3v) is 5.20. The van der Waals surface area contributed by atoms with Crippen molar-refractivity contribution in [2.24, 2.45) is 0 Å². The second-order valence-corrected chi connectivity index (χ2v) is 6.92. The van der Waals surface area contributed by atoms with E-state index in [1.54, 1.807) is 6.20 Å². The lowest BCUT2D eigenvalue weighted by atomic mass is 9.99. The number of carbonyl (C=O) groups excluding carboxylic acids is 1. The van der Waals surface area contributed by atoms with Gasteiger partial charge in [-0.2, -0.15) is 0 Å². The summed E-state index contributed by atoms with van der Waals surface area (Å²) >= 11 is 0. The highest BCUT2D eigenvalue weighted by Crippen LogP contribution is 2.29. The summed E-state index contributed by atoms with van der Waals surface area (Å²) in [5.41, 5.74) is 5.37. The maximum absolute atomic E-state index is 13.0. The van der Waals surface area contributed by atoms with Crippen molar-refractivity contribution in [1.29, 1.82) is 0 Å². The first-order chi connectivity index (χ1) is 12.7.